The maximum atomic E-state index is 9.40. The Labute approximate surface area is 103 Å². The molecule has 0 bridgehead atoms. The minimum atomic E-state index is 0.225. The number of nitrogens with two attached hydrogens (primary N) is 1. The summed E-state index contributed by atoms with van der Waals surface area (Å²) in [6, 6.07) is 6.98. The largest absolute Gasteiger partial charge is 0.508 e. The molecule has 18 heavy (non-hydrogen) atoms. The molecule has 0 aliphatic rings. The SMILES string of the molecule is Nc1nc(Cc2cccc(O)c2)nc2[nH]cnc12. The number of hydrogen-bond acceptors (Lipinski definition) is 5. The van der Waals surface area contributed by atoms with Gasteiger partial charge >= 0.3 is 0 Å². The average Bonchev–Trinajstić information content (AvgIpc) is 2.77. The van der Waals surface area contributed by atoms with E-state index in [9.17, 15) is 5.11 Å². The maximum absolute atomic E-state index is 9.40. The molecule has 0 aliphatic heterocycles. The number of benzene rings is 1. The lowest BCUT2D eigenvalue weighted by molar-refractivity contribution is 0.474. The van der Waals surface area contributed by atoms with E-state index in [1.165, 1.54) is 6.33 Å². The number of nitrogens with one attached hydrogen (secondary N) is 1. The molecule has 0 aliphatic carbocycles. The molecule has 90 valence electrons. The monoisotopic (exact) mass is 241 g/mol. The van der Waals surface area contributed by atoms with Crippen LogP contribution in [-0.4, -0.2) is 25.0 Å². The van der Waals surface area contributed by atoms with Gasteiger partial charge in [0.25, 0.3) is 0 Å². The highest BCUT2D eigenvalue weighted by atomic mass is 16.3. The predicted octanol–water partition coefficient (Wildman–Crippen LogP) is 1.23. The Hall–Kier alpha value is -2.63. The summed E-state index contributed by atoms with van der Waals surface area (Å²) >= 11 is 0. The Morgan fingerprint density at radius 1 is 1.28 bits per heavy atom. The smallest absolute Gasteiger partial charge is 0.163 e. The number of phenols is 1. The fourth-order valence-corrected chi connectivity index (χ4v) is 1.83. The lowest BCUT2D eigenvalue weighted by Gasteiger charge is -2.02. The minimum Gasteiger partial charge on any atom is -0.508 e. The number of imidazole rings is 1. The van der Waals surface area contributed by atoms with Gasteiger partial charge < -0.3 is 15.8 Å². The summed E-state index contributed by atoms with van der Waals surface area (Å²) in [5.41, 5.74) is 7.93. The molecular weight excluding hydrogens is 230 g/mol. The molecule has 3 rings (SSSR count). The number of aromatic amines is 1. The minimum absolute atomic E-state index is 0.225. The lowest BCUT2D eigenvalue weighted by Crippen LogP contribution is -2.01. The van der Waals surface area contributed by atoms with Crippen molar-refractivity contribution in [3.8, 4) is 5.75 Å². The van der Waals surface area contributed by atoms with Gasteiger partial charge in [-0.1, -0.05) is 12.1 Å². The first-order chi connectivity index (χ1) is 8.72. The summed E-state index contributed by atoms with van der Waals surface area (Å²) in [5.74, 6) is 1.18. The Kier molecular flexibility index (Phi) is 2.33. The molecule has 0 atom stereocenters. The van der Waals surface area contributed by atoms with Gasteiger partial charge in [-0.25, -0.2) is 15.0 Å². The molecule has 2 aromatic heterocycles. The van der Waals surface area contributed by atoms with Crippen molar-refractivity contribution in [2.24, 2.45) is 0 Å². The van der Waals surface area contributed by atoms with Crippen LogP contribution >= 0.6 is 0 Å². The summed E-state index contributed by atoms with van der Waals surface area (Å²) in [5, 5.41) is 9.40. The number of phenolic OH excluding ortho intramolecular Hbond substituents is 1. The number of hydrogen-bond donors (Lipinski definition) is 3. The summed E-state index contributed by atoms with van der Waals surface area (Å²) in [6.45, 7) is 0. The average molecular weight is 241 g/mol. The van der Waals surface area contributed by atoms with Gasteiger partial charge in [0.05, 0.1) is 6.33 Å². The van der Waals surface area contributed by atoms with E-state index in [1.54, 1.807) is 18.2 Å². The third-order valence-electron chi connectivity index (χ3n) is 2.63. The van der Waals surface area contributed by atoms with E-state index >= 15 is 0 Å². The number of nitrogens with zero attached hydrogens (tertiary/aromatic N) is 3. The third kappa shape index (κ3) is 1.84. The van der Waals surface area contributed by atoms with E-state index in [4.69, 9.17) is 5.73 Å². The first-order valence-electron chi connectivity index (χ1n) is 5.46. The van der Waals surface area contributed by atoms with Gasteiger partial charge in [-0.05, 0) is 17.7 Å². The van der Waals surface area contributed by atoms with Crippen molar-refractivity contribution in [2.75, 3.05) is 5.73 Å². The molecule has 0 unspecified atom stereocenters. The van der Waals surface area contributed by atoms with Gasteiger partial charge in [0.15, 0.2) is 11.5 Å². The first-order valence-corrected chi connectivity index (χ1v) is 5.46. The Morgan fingerprint density at radius 2 is 2.17 bits per heavy atom. The van der Waals surface area contributed by atoms with E-state index < -0.39 is 0 Å². The van der Waals surface area contributed by atoms with Gasteiger partial charge in [0.2, 0.25) is 0 Å². The summed E-state index contributed by atoms with van der Waals surface area (Å²) < 4.78 is 0. The van der Waals surface area contributed by atoms with Crippen LogP contribution < -0.4 is 5.73 Å². The zero-order valence-electron chi connectivity index (χ0n) is 9.46. The van der Waals surface area contributed by atoms with Crippen LogP contribution in [0.5, 0.6) is 5.75 Å². The summed E-state index contributed by atoms with van der Waals surface area (Å²) in [7, 11) is 0. The van der Waals surface area contributed by atoms with Crippen LogP contribution in [0.3, 0.4) is 0 Å². The van der Waals surface area contributed by atoms with E-state index in [0.29, 0.717) is 29.2 Å². The number of nitrogen functional groups attached to an aromatic ring is 1. The third-order valence-corrected chi connectivity index (χ3v) is 2.63. The molecule has 0 spiro atoms. The fourth-order valence-electron chi connectivity index (χ4n) is 1.83. The van der Waals surface area contributed by atoms with Crippen LogP contribution in [0.4, 0.5) is 5.82 Å². The van der Waals surface area contributed by atoms with Gasteiger partial charge in [0.1, 0.15) is 17.1 Å². The molecule has 0 radical (unpaired) electrons. The summed E-state index contributed by atoms with van der Waals surface area (Å²) in [4.78, 5) is 15.5. The van der Waals surface area contributed by atoms with Gasteiger partial charge in [-0.2, -0.15) is 0 Å². The zero-order chi connectivity index (χ0) is 12.5. The number of aromatic hydroxyl groups is 1. The quantitative estimate of drug-likeness (QED) is 0.626. The second-order valence-corrected chi connectivity index (χ2v) is 3.97. The van der Waals surface area contributed by atoms with Crippen molar-refractivity contribution in [3.05, 3.63) is 42.0 Å². The molecule has 1 aromatic carbocycles. The molecule has 0 saturated carbocycles. The zero-order valence-corrected chi connectivity index (χ0v) is 9.46. The van der Waals surface area contributed by atoms with Crippen molar-refractivity contribution in [2.45, 2.75) is 6.42 Å². The Balaban J connectivity index is 1.99. The summed E-state index contributed by atoms with van der Waals surface area (Å²) in [6.07, 6.45) is 2.04. The molecule has 0 amide bonds. The van der Waals surface area contributed by atoms with Gasteiger partial charge in [-0.15, -0.1) is 0 Å². The number of aromatic nitrogens is 4. The van der Waals surface area contributed by atoms with Crippen molar-refractivity contribution in [1.82, 2.24) is 19.9 Å². The van der Waals surface area contributed by atoms with Crippen molar-refractivity contribution in [1.29, 1.82) is 0 Å². The molecule has 2 heterocycles. The first kappa shape index (κ1) is 10.5. The van der Waals surface area contributed by atoms with E-state index in [0.717, 1.165) is 5.56 Å². The number of rotatable bonds is 2. The highest BCUT2D eigenvalue weighted by Gasteiger charge is 2.08. The highest BCUT2D eigenvalue weighted by Crippen LogP contribution is 2.17. The van der Waals surface area contributed by atoms with E-state index in [-0.39, 0.29) is 5.75 Å². The van der Waals surface area contributed by atoms with E-state index in [1.807, 2.05) is 6.07 Å². The van der Waals surface area contributed by atoms with Gasteiger partial charge in [-0.3, -0.25) is 0 Å². The number of H-pyrrole nitrogens is 1. The molecule has 3 aromatic rings. The standard InChI is InChI=1S/C12H11N5O/c13-11-10-12(15-6-14-10)17-9(16-11)5-7-2-1-3-8(18)4-7/h1-4,6,18H,5H2,(H3,13,14,15,16,17). The molecular formula is C12H11N5O. The molecule has 6 heteroatoms. The number of fused-ring (bicyclic) bond motifs is 1. The second-order valence-electron chi connectivity index (χ2n) is 3.97. The molecule has 4 N–H and O–H groups in total. The van der Waals surface area contributed by atoms with Crippen LogP contribution in [0, 0.1) is 0 Å². The number of anilines is 1. The fraction of sp³-hybridized carbons (Fsp3) is 0.0833. The van der Waals surface area contributed by atoms with Crippen molar-refractivity contribution in [3.63, 3.8) is 0 Å². The molecule has 0 fully saturated rings. The topological polar surface area (TPSA) is 101 Å². The van der Waals surface area contributed by atoms with Gasteiger partial charge in [0, 0.05) is 6.42 Å². The van der Waals surface area contributed by atoms with Crippen LogP contribution in [0.2, 0.25) is 0 Å². The van der Waals surface area contributed by atoms with Crippen molar-refractivity contribution < 1.29 is 5.11 Å². The molecule has 0 saturated heterocycles. The van der Waals surface area contributed by atoms with Crippen LogP contribution in [0.25, 0.3) is 11.2 Å². The normalized spacial score (nSPS) is 10.9. The van der Waals surface area contributed by atoms with Crippen molar-refractivity contribution >= 4 is 17.0 Å². The highest BCUT2D eigenvalue weighted by molar-refractivity contribution is 5.80. The Morgan fingerprint density at radius 3 is 3.00 bits per heavy atom. The van der Waals surface area contributed by atoms with Crippen LogP contribution in [0.1, 0.15) is 11.4 Å². The van der Waals surface area contributed by atoms with Crippen LogP contribution in [0.15, 0.2) is 30.6 Å². The lowest BCUT2D eigenvalue weighted by atomic mass is 10.1. The van der Waals surface area contributed by atoms with E-state index in [2.05, 4.69) is 19.9 Å². The van der Waals surface area contributed by atoms with Crippen LogP contribution in [-0.2, 0) is 6.42 Å². The maximum Gasteiger partial charge on any atom is 0.163 e. The Bertz CT molecular complexity index is 707. The molecule has 6 nitrogen and oxygen atoms in total. The second kappa shape index (κ2) is 3.99. The predicted molar refractivity (Wildman–Crippen MR) is 67.0 cm³/mol.